The van der Waals surface area contributed by atoms with E-state index in [9.17, 15) is 9.59 Å². The van der Waals surface area contributed by atoms with Crippen molar-refractivity contribution in [3.05, 3.63) is 77.4 Å². The van der Waals surface area contributed by atoms with E-state index in [1.807, 2.05) is 32.0 Å². The van der Waals surface area contributed by atoms with Gasteiger partial charge in [0.25, 0.3) is 0 Å². The minimum atomic E-state index is -0.406. The second kappa shape index (κ2) is 7.40. The van der Waals surface area contributed by atoms with Crippen LogP contribution in [0.4, 0.5) is 0 Å². The number of aryl methyl sites for hydroxylation is 2. The third-order valence-electron chi connectivity index (χ3n) is 3.25. The normalized spacial score (nSPS) is 10.0. The number of amides is 1. The van der Waals surface area contributed by atoms with Crippen molar-refractivity contribution in [1.82, 2.24) is 5.32 Å². The van der Waals surface area contributed by atoms with Crippen LogP contribution in [0.1, 0.15) is 27.0 Å². The molecule has 0 spiro atoms. The number of hydrogen-bond acceptors (Lipinski definition) is 3. The highest BCUT2D eigenvalue weighted by Crippen LogP contribution is 2.18. The highest BCUT2D eigenvalue weighted by Gasteiger charge is 2.09. The maximum atomic E-state index is 12.2. The summed E-state index contributed by atoms with van der Waals surface area (Å²) in [5.74, 6) is -0.102. The molecule has 118 valence electrons. The Kier molecular flexibility index (Phi) is 5.31. The molecule has 0 radical (unpaired) electrons. The van der Waals surface area contributed by atoms with Gasteiger partial charge in [-0.15, -0.1) is 0 Å². The van der Waals surface area contributed by atoms with Gasteiger partial charge >= 0.3 is 5.97 Å². The van der Waals surface area contributed by atoms with Crippen LogP contribution in [0.5, 0.6) is 5.75 Å². The summed E-state index contributed by atoms with van der Waals surface area (Å²) in [4.78, 5) is 23.3. The molecule has 0 aliphatic heterocycles. The second-order valence-electron chi connectivity index (χ2n) is 5.33. The van der Waals surface area contributed by atoms with Crippen molar-refractivity contribution < 1.29 is 14.3 Å². The summed E-state index contributed by atoms with van der Waals surface area (Å²) in [5, 5.41) is 2.68. The van der Waals surface area contributed by atoms with Crippen molar-refractivity contribution in [3.63, 3.8) is 0 Å². The van der Waals surface area contributed by atoms with Gasteiger partial charge in [0.2, 0.25) is 5.91 Å². The molecule has 0 saturated heterocycles. The smallest absolute Gasteiger partial charge is 0.343 e. The minimum absolute atomic E-state index is 0.233. The summed E-state index contributed by atoms with van der Waals surface area (Å²) in [6.07, 6.45) is 1.22. The van der Waals surface area contributed by atoms with Gasteiger partial charge in [0.05, 0.1) is 5.56 Å². The predicted octanol–water partition coefficient (Wildman–Crippen LogP) is 3.32. The van der Waals surface area contributed by atoms with E-state index in [0.717, 1.165) is 16.7 Å². The third-order valence-corrected chi connectivity index (χ3v) is 3.25. The van der Waals surface area contributed by atoms with Crippen LogP contribution in [0.3, 0.4) is 0 Å². The number of hydrogen-bond donors (Lipinski definition) is 1. The summed E-state index contributed by atoms with van der Waals surface area (Å²) < 4.78 is 5.40. The van der Waals surface area contributed by atoms with Crippen LogP contribution < -0.4 is 10.1 Å². The number of rotatable bonds is 5. The van der Waals surface area contributed by atoms with Gasteiger partial charge in [0.1, 0.15) is 5.75 Å². The van der Waals surface area contributed by atoms with Crippen LogP contribution >= 0.6 is 0 Å². The summed E-state index contributed by atoms with van der Waals surface area (Å²) in [6.45, 7) is 7.69. The first-order valence-corrected chi connectivity index (χ1v) is 7.27. The highest BCUT2D eigenvalue weighted by molar-refractivity contribution is 5.91. The lowest BCUT2D eigenvalue weighted by Gasteiger charge is -2.07. The lowest BCUT2D eigenvalue weighted by Crippen LogP contribution is -2.20. The van der Waals surface area contributed by atoms with Gasteiger partial charge in [0, 0.05) is 6.54 Å². The molecule has 2 aromatic rings. The van der Waals surface area contributed by atoms with Gasteiger partial charge in [0.15, 0.2) is 0 Å². The number of esters is 1. The Morgan fingerprint density at radius 1 is 1.09 bits per heavy atom. The molecule has 0 atom stereocenters. The van der Waals surface area contributed by atoms with Crippen LogP contribution in [0.2, 0.25) is 0 Å². The van der Waals surface area contributed by atoms with E-state index in [0.29, 0.717) is 17.9 Å². The molecule has 0 heterocycles. The Morgan fingerprint density at radius 3 is 2.26 bits per heavy atom. The Labute approximate surface area is 135 Å². The standard InChI is InChI=1S/C19H19NO3/c1-4-18(21)20-12-15-5-7-16(8-6-15)19(22)23-17-10-13(2)9-14(3)11-17/h4-11H,1,12H2,2-3H3,(H,20,21). The molecule has 4 heteroatoms. The van der Waals surface area contributed by atoms with E-state index in [1.165, 1.54) is 6.08 Å². The first-order chi connectivity index (χ1) is 11.0. The van der Waals surface area contributed by atoms with Gasteiger partial charge in [-0.05, 0) is 60.9 Å². The fourth-order valence-electron chi connectivity index (χ4n) is 2.18. The van der Waals surface area contributed by atoms with Crippen molar-refractivity contribution >= 4 is 11.9 Å². The minimum Gasteiger partial charge on any atom is -0.423 e. The lowest BCUT2D eigenvalue weighted by molar-refractivity contribution is -0.116. The van der Waals surface area contributed by atoms with Crippen molar-refractivity contribution in [2.75, 3.05) is 0 Å². The summed E-state index contributed by atoms with van der Waals surface area (Å²) in [6, 6.07) is 12.6. The Morgan fingerprint density at radius 2 is 1.70 bits per heavy atom. The topological polar surface area (TPSA) is 55.4 Å². The lowest BCUT2D eigenvalue weighted by atomic mass is 10.1. The van der Waals surface area contributed by atoms with Crippen LogP contribution in [-0.2, 0) is 11.3 Å². The van der Waals surface area contributed by atoms with Gasteiger partial charge in [-0.1, -0.05) is 24.8 Å². The Balaban J connectivity index is 2.02. The number of nitrogens with one attached hydrogen (secondary N) is 1. The number of carbonyl (C=O) groups excluding carboxylic acids is 2. The summed E-state index contributed by atoms with van der Waals surface area (Å²) >= 11 is 0. The molecular formula is C19H19NO3. The Bertz CT molecular complexity index is 713. The molecule has 2 rings (SSSR count). The molecule has 2 aromatic carbocycles. The molecule has 0 aliphatic rings. The Hall–Kier alpha value is -2.88. The number of benzene rings is 2. The molecule has 1 amide bonds. The van der Waals surface area contributed by atoms with Crippen molar-refractivity contribution in [1.29, 1.82) is 0 Å². The zero-order valence-corrected chi connectivity index (χ0v) is 13.3. The van der Waals surface area contributed by atoms with E-state index >= 15 is 0 Å². The van der Waals surface area contributed by atoms with Crippen LogP contribution in [0.25, 0.3) is 0 Å². The van der Waals surface area contributed by atoms with Crippen molar-refractivity contribution in [2.45, 2.75) is 20.4 Å². The van der Waals surface area contributed by atoms with Gasteiger partial charge < -0.3 is 10.1 Å². The summed E-state index contributed by atoms with van der Waals surface area (Å²) in [5.41, 5.74) is 3.44. The summed E-state index contributed by atoms with van der Waals surface area (Å²) in [7, 11) is 0. The van der Waals surface area contributed by atoms with E-state index in [-0.39, 0.29) is 5.91 Å². The first-order valence-electron chi connectivity index (χ1n) is 7.27. The maximum Gasteiger partial charge on any atom is 0.343 e. The van der Waals surface area contributed by atoms with E-state index in [4.69, 9.17) is 4.74 Å². The predicted molar refractivity (Wildman–Crippen MR) is 89.4 cm³/mol. The van der Waals surface area contributed by atoms with Crippen molar-refractivity contribution in [3.8, 4) is 5.75 Å². The third kappa shape index (κ3) is 4.81. The fourth-order valence-corrected chi connectivity index (χ4v) is 2.18. The molecule has 0 saturated carbocycles. The highest BCUT2D eigenvalue weighted by atomic mass is 16.5. The number of ether oxygens (including phenoxy) is 1. The molecule has 0 fully saturated rings. The van der Waals surface area contributed by atoms with Crippen LogP contribution in [-0.4, -0.2) is 11.9 Å². The van der Waals surface area contributed by atoms with Crippen LogP contribution in [0.15, 0.2) is 55.1 Å². The quantitative estimate of drug-likeness (QED) is 0.523. The molecule has 0 aliphatic carbocycles. The fraction of sp³-hybridized carbons (Fsp3) is 0.158. The maximum absolute atomic E-state index is 12.2. The second-order valence-corrected chi connectivity index (χ2v) is 5.33. The average Bonchev–Trinajstić information content (AvgIpc) is 2.52. The molecule has 0 bridgehead atoms. The van der Waals surface area contributed by atoms with Gasteiger partial charge in [-0.3, -0.25) is 4.79 Å². The molecule has 1 N–H and O–H groups in total. The largest absolute Gasteiger partial charge is 0.423 e. The van der Waals surface area contributed by atoms with E-state index in [2.05, 4.69) is 11.9 Å². The van der Waals surface area contributed by atoms with Gasteiger partial charge in [-0.25, -0.2) is 4.79 Å². The molecule has 23 heavy (non-hydrogen) atoms. The van der Waals surface area contributed by atoms with Gasteiger partial charge in [-0.2, -0.15) is 0 Å². The first kappa shape index (κ1) is 16.5. The zero-order valence-electron chi connectivity index (χ0n) is 13.3. The van der Waals surface area contributed by atoms with E-state index in [1.54, 1.807) is 24.3 Å². The molecule has 4 nitrogen and oxygen atoms in total. The van der Waals surface area contributed by atoms with E-state index < -0.39 is 5.97 Å². The van der Waals surface area contributed by atoms with Crippen molar-refractivity contribution in [2.24, 2.45) is 0 Å². The molecule has 0 unspecified atom stereocenters. The molecular weight excluding hydrogens is 290 g/mol. The molecule has 0 aromatic heterocycles. The zero-order chi connectivity index (χ0) is 16.8. The average molecular weight is 309 g/mol. The monoisotopic (exact) mass is 309 g/mol. The SMILES string of the molecule is C=CC(=O)NCc1ccc(C(=O)Oc2cc(C)cc(C)c2)cc1. The number of carbonyl (C=O) groups is 2. The van der Waals surface area contributed by atoms with Crippen LogP contribution in [0, 0.1) is 13.8 Å².